The molecule has 0 amide bonds. The van der Waals surface area contributed by atoms with E-state index in [2.05, 4.69) is 48.3 Å². The first-order valence-corrected chi connectivity index (χ1v) is 5.97. The molecule has 0 atom stereocenters. The lowest BCUT2D eigenvalue weighted by atomic mass is 10.2. The third-order valence-corrected chi connectivity index (χ3v) is 2.68. The molecule has 0 aliphatic carbocycles. The van der Waals surface area contributed by atoms with Crippen molar-refractivity contribution in [3.8, 4) is 0 Å². The van der Waals surface area contributed by atoms with Crippen LogP contribution in [0.3, 0.4) is 0 Å². The quantitative estimate of drug-likeness (QED) is 0.591. The molecule has 0 unspecified atom stereocenters. The summed E-state index contributed by atoms with van der Waals surface area (Å²) in [6, 6.07) is 8.59. The molecule has 3 nitrogen and oxygen atoms in total. The number of aliphatic hydroxyl groups excluding tert-OH is 1. The van der Waals surface area contributed by atoms with Gasteiger partial charge in [-0.05, 0) is 31.5 Å². The number of anilines is 1. The summed E-state index contributed by atoms with van der Waals surface area (Å²) >= 11 is 0. The number of hydrogen-bond acceptors (Lipinski definition) is 3. The van der Waals surface area contributed by atoms with E-state index < -0.39 is 0 Å². The number of aliphatic hydroxyl groups is 1. The van der Waals surface area contributed by atoms with Gasteiger partial charge in [-0.3, -0.25) is 0 Å². The van der Waals surface area contributed by atoms with Crippen molar-refractivity contribution in [1.29, 1.82) is 0 Å². The van der Waals surface area contributed by atoms with Gasteiger partial charge in [0.2, 0.25) is 0 Å². The van der Waals surface area contributed by atoms with E-state index in [9.17, 15) is 0 Å². The lowest BCUT2D eigenvalue weighted by molar-refractivity contribution is -0.00000449. The molecule has 1 aromatic rings. The third-order valence-electron chi connectivity index (χ3n) is 2.68. The van der Waals surface area contributed by atoms with Crippen molar-refractivity contribution >= 4 is 5.69 Å². The summed E-state index contributed by atoms with van der Waals surface area (Å²) in [5.74, 6) is 0. The fourth-order valence-electron chi connectivity index (χ4n) is 1.73. The maximum atomic E-state index is 8.66. The van der Waals surface area contributed by atoms with Gasteiger partial charge in [0.05, 0.1) is 6.61 Å². The Morgan fingerprint density at radius 3 is 2.18 bits per heavy atom. The summed E-state index contributed by atoms with van der Waals surface area (Å²) in [5, 5.41) is 11.8. The fraction of sp³-hybridized carbons (Fsp3) is 0.538. The van der Waals surface area contributed by atoms with Gasteiger partial charge in [0.1, 0.15) is 0 Å². The van der Waals surface area contributed by atoms with Gasteiger partial charge < -0.3 is 27.7 Å². The zero-order valence-electron chi connectivity index (χ0n) is 10.6. The van der Waals surface area contributed by atoms with Crippen LogP contribution in [0.1, 0.15) is 19.4 Å². The van der Waals surface area contributed by atoms with Gasteiger partial charge >= 0.3 is 0 Å². The summed E-state index contributed by atoms with van der Waals surface area (Å²) in [7, 11) is 0. The third kappa shape index (κ3) is 5.39. The normalized spacial score (nSPS) is 9.82. The highest BCUT2D eigenvalue weighted by molar-refractivity contribution is 5.47. The van der Waals surface area contributed by atoms with Gasteiger partial charge in [-0.15, -0.1) is 0 Å². The molecule has 0 radical (unpaired) electrons. The zero-order chi connectivity index (χ0) is 11.8. The Balaban J connectivity index is 0.00000256. The molecule has 0 heterocycles. The number of hydrogen-bond donors (Lipinski definition) is 2. The maximum Gasteiger partial charge on any atom is 0.0556 e. The number of benzene rings is 1. The smallest absolute Gasteiger partial charge is 0.0556 e. The Labute approximate surface area is 110 Å². The predicted molar refractivity (Wildman–Crippen MR) is 68.8 cm³/mol. The van der Waals surface area contributed by atoms with Crippen LogP contribution in [0.5, 0.6) is 0 Å². The van der Waals surface area contributed by atoms with Crippen molar-refractivity contribution in [2.75, 3.05) is 31.1 Å². The Morgan fingerprint density at radius 1 is 1.12 bits per heavy atom. The molecule has 0 bridgehead atoms. The van der Waals surface area contributed by atoms with Gasteiger partial charge in [0.15, 0.2) is 0 Å². The van der Waals surface area contributed by atoms with E-state index in [4.69, 9.17) is 5.11 Å². The first kappa shape index (κ1) is 16.2. The number of nitrogens with zero attached hydrogens (tertiary/aromatic N) is 1. The second kappa shape index (κ2) is 9.28. The second-order valence-electron chi connectivity index (χ2n) is 3.74. The zero-order valence-corrected chi connectivity index (χ0v) is 11.4. The predicted octanol–water partition coefficient (Wildman–Crippen LogP) is -1.38. The van der Waals surface area contributed by atoms with Crippen molar-refractivity contribution in [3.63, 3.8) is 0 Å². The highest BCUT2D eigenvalue weighted by Crippen LogP contribution is 2.14. The average Bonchev–Trinajstić information content (AvgIpc) is 2.33. The SMILES string of the molecule is CCN(CC)c1ccc(CNCCO)cc1.[Cl-]. The van der Waals surface area contributed by atoms with E-state index in [0.717, 1.165) is 19.6 Å². The van der Waals surface area contributed by atoms with Crippen molar-refractivity contribution in [2.24, 2.45) is 0 Å². The van der Waals surface area contributed by atoms with Crippen LogP contribution in [-0.2, 0) is 6.54 Å². The van der Waals surface area contributed by atoms with Crippen LogP contribution in [0.15, 0.2) is 24.3 Å². The summed E-state index contributed by atoms with van der Waals surface area (Å²) in [6.45, 7) is 8.08. The Hall–Kier alpha value is -0.770. The molecular weight excluding hydrogens is 236 g/mol. The monoisotopic (exact) mass is 257 g/mol. The van der Waals surface area contributed by atoms with Crippen molar-refractivity contribution in [2.45, 2.75) is 20.4 Å². The summed E-state index contributed by atoms with van der Waals surface area (Å²) in [4.78, 5) is 2.32. The van der Waals surface area contributed by atoms with Crippen LogP contribution in [-0.4, -0.2) is 31.3 Å². The lowest BCUT2D eigenvalue weighted by Crippen LogP contribution is -3.00. The molecule has 17 heavy (non-hydrogen) atoms. The standard InChI is InChI=1S/C13H22N2O.ClH/c1-3-15(4-2)13-7-5-12(6-8-13)11-14-9-10-16;/h5-8,14,16H,3-4,9-11H2,1-2H3;1H/p-1. The molecule has 0 saturated heterocycles. The van der Waals surface area contributed by atoms with E-state index in [1.54, 1.807) is 0 Å². The number of rotatable bonds is 7. The second-order valence-corrected chi connectivity index (χ2v) is 3.74. The van der Waals surface area contributed by atoms with Gasteiger partial charge in [-0.1, -0.05) is 12.1 Å². The van der Waals surface area contributed by atoms with E-state index >= 15 is 0 Å². The first-order valence-electron chi connectivity index (χ1n) is 5.97. The summed E-state index contributed by atoms with van der Waals surface area (Å²) < 4.78 is 0. The van der Waals surface area contributed by atoms with Crippen molar-refractivity contribution in [1.82, 2.24) is 5.32 Å². The number of nitrogens with one attached hydrogen (secondary N) is 1. The van der Waals surface area contributed by atoms with Gasteiger partial charge in [-0.2, -0.15) is 0 Å². The Kier molecular flexibility index (Phi) is 8.86. The molecular formula is C13H22ClN2O-. The highest BCUT2D eigenvalue weighted by Gasteiger charge is 2.00. The largest absolute Gasteiger partial charge is 1.00 e. The molecule has 1 rings (SSSR count). The minimum atomic E-state index is 0. The maximum absolute atomic E-state index is 8.66. The molecule has 0 aliphatic heterocycles. The topological polar surface area (TPSA) is 35.5 Å². The van der Waals surface area contributed by atoms with E-state index in [1.165, 1.54) is 11.3 Å². The fourth-order valence-corrected chi connectivity index (χ4v) is 1.73. The number of halogens is 1. The van der Waals surface area contributed by atoms with Gasteiger partial charge in [0.25, 0.3) is 0 Å². The lowest BCUT2D eigenvalue weighted by Gasteiger charge is -2.21. The minimum Gasteiger partial charge on any atom is -1.00 e. The summed E-state index contributed by atoms with van der Waals surface area (Å²) in [6.07, 6.45) is 0. The molecule has 4 heteroatoms. The van der Waals surface area contributed by atoms with Crippen LogP contribution in [0.25, 0.3) is 0 Å². The molecule has 0 spiro atoms. The average molecular weight is 258 g/mol. The van der Waals surface area contributed by atoms with Gasteiger partial charge in [0, 0.05) is 31.9 Å². The van der Waals surface area contributed by atoms with Crippen molar-refractivity contribution in [3.05, 3.63) is 29.8 Å². The Bertz CT molecular complexity index is 286. The molecule has 2 N–H and O–H groups in total. The molecule has 0 aliphatic rings. The van der Waals surface area contributed by atoms with Crippen LogP contribution in [0.4, 0.5) is 5.69 Å². The Morgan fingerprint density at radius 2 is 1.71 bits per heavy atom. The van der Waals surface area contributed by atoms with E-state index in [0.29, 0.717) is 6.54 Å². The van der Waals surface area contributed by atoms with E-state index in [-0.39, 0.29) is 19.0 Å². The van der Waals surface area contributed by atoms with Crippen LogP contribution in [0, 0.1) is 0 Å². The molecule has 0 fully saturated rings. The van der Waals surface area contributed by atoms with Gasteiger partial charge in [-0.25, -0.2) is 0 Å². The first-order chi connectivity index (χ1) is 7.81. The van der Waals surface area contributed by atoms with E-state index in [1.807, 2.05) is 0 Å². The molecule has 0 saturated carbocycles. The van der Waals surface area contributed by atoms with Crippen LogP contribution < -0.4 is 22.6 Å². The van der Waals surface area contributed by atoms with Crippen molar-refractivity contribution < 1.29 is 17.5 Å². The van der Waals surface area contributed by atoms with Crippen LogP contribution in [0.2, 0.25) is 0 Å². The molecule has 0 aromatic heterocycles. The van der Waals surface area contributed by atoms with Crippen LogP contribution >= 0.6 is 0 Å². The minimum absolute atomic E-state index is 0. The molecule has 1 aromatic carbocycles. The summed E-state index contributed by atoms with van der Waals surface area (Å²) in [5.41, 5.74) is 2.53. The molecule has 98 valence electrons. The highest BCUT2D eigenvalue weighted by atomic mass is 35.5.